The Hall–Kier alpha value is -1.42. The van der Waals surface area contributed by atoms with Gasteiger partial charge < -0.3 is 24.7 Å². The third kappa shape index (κ3) is 6.32. The molecule has 2 N–H and O–H groups in total. The van der Waals surface area contributed by atoms with Gasteiger partial charge in [0.05, 0.1) is 6.61 Å². The largest absolute Gasteiger partial charge is 0.535 e. The van der Waals surface area contributed by atoms with Gasteiger partial charge >= 0.3 is 12.3 Å². The summed E-state index contributed by atoms with van der Waals surface area (Å²) in [5.74, 6) is 5.27. The summed E-state index contributed by atoms with van der Waals surface area (Å²) in [7, 11) is 4.12. The highest BCUT2D eigenvalue weighted by molar-refractivity contribution is 5.80. The maximum atomic E-state index is 11.9. The summed E-state index contributed by atoms with van der Waals surface area (Å²) in [5.41, 5.74) is 7.13. The Bertz CT molecular complexity index is 871. The maximum Gasteiger partial charge on any atom is 0.535 e. The fourth-order valence-electron chi connectivity index (χ4n) is 9.73. The van der Waals surface area contributed by atoms with Crippen molar-refractivity contribution in [2.45, 2.75) is 104 Å². The quantitative estimate of drug-likeness (QED) is 0.0546. The van der Waals surface area contributed by atoms with Crippen LogP contribution in [0, 0.1) is 46.3 Å². The fraction of sp³-hybridized carbons (Fsp3) is 0.935. The average Bonchev–Trinajstić information content (AvgIpc) is 3.32. The molecule has 4 rings (SSSR count). The lowest BCUT2D eigenvalue weighted by molar-refractivity contribution is -0.479. The molecule has 0 bridgehead atoms. The number of rotatable bonds is 12. The molecule has 9 nitrogen and oxygen atoms in total. The summed E-state index contributed by atoms with van der Waals surface area (Å²) < 4.78 is 25.3. The number of hydrogen-bond donors (Lipinski definition) is 1. The van der Waals surface area contributed by atoms with E-state index in [0.717, 1.165) is 30.1 Å². The summed E-state index contributed by atoms with van der Waals surface area (Å²) in [5, 5.41) is 3.80. The van der Waals surface area contributed by atoms with E-state index in [1.807, 2.05) is 0 Å². The third-order valence-corrected chi connectivity index (χ3v) is 11.8. The monoisotopic (exact) mass is 566 g/mol. The van der Waals surface area contributed by atoms with Crippen molar-refractivity contribution in [2.24, 2.45) is 57.2 Å². The number of methoxy groups -OCH3 is 3. The van der Waals surface area contributed by atoms with Crippen molar-refractivity contribution in [1.82, 2.24) is 0 Å². The van der Waals surface area contributed by atoms with E-state index in [9.17, 15) is 4.79 Å². The van der Waals surface area contributed by atoms with E-state index in [-0.39, 0.29) is 13.2 Å². The van der Waals surface area contributed by atoms with Crippen LogP contribution in [0.3, 0.4) is 0 Å². The highest BCUT2D eigenvalue weighted by Crippen LogP contribution is 2.68. The first-order chi connectivity index (χ1) is 19.1. The smallest absolute Gasteiger partial charge is 0.430 e. The zero-order valence-corrected chi connectivity index (χ0v) is 25.7. The van der Waals surface area contributed by atoms with Gasteiger partial charge in [-0.25, -0.2) is 4.79 Å². The van der Waals surface area contributed by atoms with Crippen molar-refractivity contribution < 1.29 is 33.3 Å². The molecule has 8 atom stereocenters. The normalized spacial score (nSPS) is 36.8. The molecule has 4 fully saturated rings. The van der Waals surface area contributed by atoms with E-state index in [0.29, 0.717) is 34.9 Å². The lowest BCUT2D eigenvalue weighted by Gasteiger charge is -2.61. The highest BCUT2D eigenvalue weighted by Gasteiger charge is 2.60. The van der Waals surface area contributed by atoms with E-state index in [4.69, 9.17) is 34.3 Å². The number of nitrogens with zero attached hydrogens (tertiary/aromatic N) is 1. The van der Waals surface area contributed by atoms with E-state index in [1.165, 1.54) is 85.5 Å². The summed E-state index contributed by atoms with van der Waals surface area (Å²) in [6.07, 6.45) is 13.2. The molecule has 230 valence electrons. The molecule has 0 aromatic heterocycles. The molecule has 0 aromatic rings. The topological polar surface area (TPSA) is 111 Å². The summed E-state index contributed by atoms with van der Waals surface area (Å²) in [4.78, 5) is 16.7. The number of nitrogens with two attached hydrogens (primary N) is 1. The van der Waals surface area contributed by atoms with E-state index in [2.05, 4.69) is 25.9 Å². The van der Waals surface area contributed by atoms with Crippen molar-refractivity contribution in [2.75, 3.05) is 34.5 Å². The van der Waals surface area contributed by atoms with Gasteiger partial charge in [0.1, 0.15) is 12.4 Å². The van der Waals surface area contributed by atoms with Crippen LogP contribution in [0.2, 0.25) is 0 Å². The molecule has 0 aliphatic heterocycles. The van der Waals surface area contributed by atoms with Gasteiger partial charge in [0, 0.05) is 27.8 Å². The first kappa shape index (κ1) is 31.5. The first-order valence-corrected chi connectivity index (χ1v) is 15.6. The minimum absolute atomic E-state index is 0.0239. The standard InChI is InChI=1S/C31H54N2O7/c1-21(10-15-27(32)33-40-28(34)38-19-20-39-31(35-4,36-5)37-6)24-13-14-25-23-12-11-22-9-7-8-17-29(22,2)26(23)16-18-30(24,25)3/h21-26H,7-20H2,1-6H3,(H2,32,33)/t21-,22+,23+,24-,25+,26+,29+,30-/m1/s1. The van der Waals surface area contributed by atoms with Gasteiger partial charge in [-0.2, -0.15) is 0 Å². The Morgan fingerprint density at radius 2 is 1.65 bits per heavy atom. The molecule has 4 aliphatic rings. The first-order valence-electron chi connectivity index (χ1n) is 15.6. The van der Waals surface area contributed by atoms with E-state index < -0.39 is 12.3 Å². The number of amidine groups is 1. The van der Waals surface area contributed by atoms with Gasteiger partial charge in [0.2, 0.25) is 0 Å². The Kier molecular flexibility index (Phi) is 10.4. The SMILES string of the molecule is COC(OC)(OC)OCCOC(=O)ON=C(N)CC[C@@H](C)[C@H]1CC[C@H]2[C@@H]3CC[C@@H]4CCCC[C@]4(C)[C@H]3CC[C@]12C. The van der Waals surface area contributed by atoms with E-state index in [1.54, 1.807) is 0 Å². The maximum absolute atomic E-state index is 11.9. The molecule has 0 amide bonds. The molecule has 0 radical (unpaired) electrons. The van der Waals surface area contributed by atoms with Crippen LogP contribution in [0.1, 0.15) is 97.8 Å². The zero-order valence-electron chi connectivity index (χ0n) is 25.7. The third-order valence-electron chi connectivity index (χ3n) is 11.8. The number of carbonyl (C=O) groups is 1. The molecular weight excluding hydrogens is 512 g/mol. The molecule has 0 saturated heterocycles. The van der Waals surface area contributed by atoms with Gasteiger partial charge in [0.15, 0.2) is 0 Å². The van der Waals surface area contributed by atoms with Crippen LogP contribution in [0.5, 0.6) is 0 Å². The van der Waals surface area contributed by atoms with Crippen LogP contribution >= 0.6 is 0 Å². The number of fused-ring (bicyclic) bond motifs is 5. The van der Waals surface area contributed by atoms with Crippen molar-refractivity contribution in [1.29, 1.82) is 0 Å². The molecule has 40 heavy (non-hydrogen) atoms. The van der Waals surface area contributed by atoms with Crippen LogP contribution in [-0.4, -0.2) is 52.7 Å². The van der Waals surface area contributed by atoms with Crippen molar-refractivity contribution in [3.63, 3.8) is 0 Å². The summed E-state index contributed by atoms with van der Waals surface area (Å²) >= 11 is 0. The second-order valence-corrected chi connectivity index (χ2v) is 13.4. The lowest BCUT2D eigenvalue weighted by Crippen LogP contribution is -2.53. The minimum atomic E-state index is -1.64. The molecule has 4 aliphatic carbocycles. The molecule has 0 heterocycles. The van der Waals surface area contributed by atoms with Gasteiger partial charge in [-0.15, -0.1) is 0 Å². The molecule has 0 spiro atoms. The van der Waals surface area contributed by atoms with Crippen LogP contribution in [0.15, 0.2) is 5.16 Å². The van der Waals surface area contributed by atoms with Gasteiger partial charge in [-0.1, -0.05) is 38.8 Å². The van der Waals surface area contributed by atoms with Crippen LogP contribution < -0.4 is 5.73 Å². The number of ether oxygens (including phenoxy) is 5. The van der Waals surface area contributed by atoms with Crippen LogP contribution in [0.25, 0.3) is 0 Å². The predicted molar refractivity (Wildman–Crippen MR) is 152 cm³/mol. The fourth-order valence-corrected chi connectivity index (χ4v) is 9.73. The molecule has 9 heteroatoms. The number of carbonyl (C=O) groups excluding carboxylic acids is 1. The summed E-state index contributed by atoms with van der Waals surface area (Å²) in [6, 6.07) is 0. The Morgan fingerprint density at radius 3 is 2.38 bits per heavy atom. The van der Waals surface area contributed by atoms with Gasteiger partial charge in [-0.3, -0.25) is 9.57 Å². The zero-order chi connectivity index (χ0) is 29.0. The molecule has 0 unspecified atom stereocenters. The second kappa shape index (κ2) is 13.3. The van der Waals surface area contributed by atoms with Gasteiger partial charge in [-0.05, 0) is 104 Å². The van der Waals surface area contributed by atoms with Gasteiger partial charge in [0.25, 0.3) is 0 Å². The predicted octanol–water partition coefficient (Wildman–Crippen LogP) is 6.44. The van der Waals surface area contributed by atoms with Crippen LogP contribution in [-0.2, 0) is 28.5 Å². The summed E-state index contributed by atoms with van der Waals surface area (Å²) in [6.45, 7) is 7.53. The van der Waals surface area contributed by atoms with Crippen molar-refractivity contribution in [3.05, 3.63) is 0 Å². The number of hydrogen-bond acceptors (Lipinski definition) is 8. The van der Waals surface area contributed by atoms with Crippen molar-refractivity contribution in [3.8, 4) is 0 Å². The van der Waals surface area contributed by atoms with Crippen molar-refractivity contribution >= 4 is 12.0 Å². The second-order valence-electron chi connectivity index (χ2n) is 13.4. The average molecular weight is 567 g/mol. The Morgan fingerprint density at radius 1 is 0.925 bits per heavy atom. The van der Waals surface area contributed by atoms with E-state index >= 15 is 0 Å². The lowest BCUT2D eigenvalue weighted by atomic mass is 9.44. The minimum Gasteiger partial charge on any atom is -0.430 e. The highest BCUT2D eigenvalue weighted by atomic mass is 17.0. The number of oxime groups is 1. The van der Waals surface area contributed by atoms with Crippen LogP contribution in [0.4, 0.5) is 4.79 Å². The Balaban J connectivity index is 1.22. The Labute approximate surface area is 241 Å². The molecular formula is C31H54N2O7. The molecule has 4 saturated carbocycles. The molecule has 0 aromatic carbocycles.